The molecule has 0 aromatic carbocycles. The number of halogens is 3. The molecule has 8 heteroatoms. The molecule has 2 heterocycles. The van der Waals surface area contributed by atoms with Crippen LogP contribution < -0.4 is 10.2 Å². The molecule has 2 rings (SSSR count). The van der Waals surface area contributed by atoms with E-state index in [0.29, 0.717) is 18.9 Å². The van der Waals surface area contributed by atoms with Gasteiger partial charge < -0.3 is 10.2 Å². The number of anilines is 1. The van der Waals surface area contributed by atoms with E-state index < -0.39 is 13.0 Å². The minimum absolute atomic E-state index is 0.297. The average molecular weight is 349 g/mol. The molecule has 1 fully saturated rings. The largest absolute Gasteiger partial charge is 0.350 e. The third-order valence-electron chi connectivity index (χ3n) is 3.11. The fourth-order valence-electron chi connectivity index (χ4n) is 2.16. The molecule has 1 unspecified atom stereocenters. The summed E-state index contributed by atoms with van der Waals surface area (Å²) in [5, 5.41) is 2.27. The van der Waals surface area contributed by atoms with Gasteiger partial charge in [0.05, 0.1) is 16.9 Å². The Bertz CT molecular complexity index is 457. The maximum Gasteiger partial charge on any atom is 0.255 e. The van der Waals surface area contributed by atoms with Gasteiger partial charge in [0.2, 0.25) is 11.9 Å². The first-order chi connectivity index (χ1) is 9.56. The summed E-state index contributed by atoms with van der Waals surface area (Å²) >= 11 is 3.26. The lowest BCUT2D eigenvalue weighted by Gasteiger charge is -2.31. The zero-order chi connectivity index (χ0) is 14.5. The first-order valence-corrected chi connectivity index (χ1v) is 7.14. The molecule has 1 aliphatic rings. The Morgan fingerprint density at radius 3 is 2.85 bits per heavy atom. The molecule has 1 aromatic heterocycles. The van der Waals surface area contributed by atoms with Gasteiger partial charge in [-0.15, -0.1) is 0 Å². The standard InChI is InChI=1S/C12H15BrF2N4O/c13-9-4-17-12(18-5-9)19-3-1-2-8(7-19)11(20)16-6-10(14)15/h4-5,8,10H,1-3,6-7H2,(H,16,20). The minimum atomic E-state index is -2.52. The summed E-state index contributed by atoms with van der Waals surface area (Å²) in [5.74, 6) is -0.0681. The van der Waals surface area contributed by atoms with Crippen molar-refractivity contribution in [2.75, 3.05) is 24.5 Å². The number of carbonyl (C=O) groups is 1. The maximum absolute atomic E-state index is 12.1. The van der Waals surface area contributed by atoms with Crippen LogP contribution in [0, 0.1) is 5.92 Å². The second-order valence-electron chi connectivity index (χ2n) is 4.62. The Kier molecular flexibility index (Phi) is 5.22. The molecule has 0 spiro atoms. The van der Waals surface area contributed by atoms with Gasteiger partial charge in [-0.1, -0.05) is 0 Å². The van der Waals surface area contributed by atoms with E-state index in [1.807, 2.05) is 4.90 Å². The highest BCUT2D eigenvalue weighted by molar-refractivity contribution is 9.10. The topological polar surface area (TPSA) is 58.1 Å². The summed E-state index contributed by atoms with van der Waals surface area (Å²) in [6, 6.07) is 0. The number of amides is 1. The number of nitrogens with zero attached hydrogens (tertiary/aromatic N) is 3. The normalized spacial score (nSPS) is 19.2. The number of carbonyl (C=O) groups excluding carboxylic acids is 1. The van der Waals surface area contributed by atoms with Gasteiger partial charge in [0.15, 0.2) is 0 Å². The van der Waals surface area contributed by atoms with Crippen molar-refractivity contribution in [1.82, 2.24) is 15.3 Å². The Morgan fingerprint density at radius 2 is 2.20 bits per heavy atom. The molecule has 20 heavy (non-hydrogen) atoms. The van der Waals surface area contributed by atoms with Crippen LogP contribution in [0.15, 0.2) is 16.9 Å². The van der Waals surface area contributed by atoms with E-state index in [9.17, 15) is 13.6 Å². The number of hydrogen-bond acceptors (Lipinski definition) is 4. The number of nitrogens with one attached hydrogen (secondary N) is 1. The highest BCUT2D eigenvalue weighted by Crippen LogP contribution is 2.21. The minimum Gasteiger partial charge on any atom is -0.350 e. The maximum atomic E-state index is 12.1. The molecule has 1 aliphatic heterocycles. The first kappa shape index (κ1) is 15.1. The Labute approximate surface area is 123 Å². The van der Waals surface area contributed by atoms with E-state index in [-0.39, 0.29) is 11.8 Å². The molecule has 1 saturated heterocycles. The number of aromatic nitrogens is 2. The highest BCUT2D eigenvalue weighted by atomic mass is 79.9. The Hall–Kier alpha value is -1.31. The zero-order valence-corrected chi connectivity index (χ0v) is 12.3. The van der Waals surface area contributed by atoms with Crippen LogP contribution in [0.5, 0.6) is 0 Å². The number of rotatable bonds is 4. The summed E-state index contributed by atoms with van der Waals surface area (Å²) < 4.78 is 25.0. The van der Waals surface area contributed by atoms with Crippen molar-refractivity contribution in [3.63, 3.8) is 0 Å². The highest BCUT2D eigenvalue weighted by Gasteiger charge is 2.27. The average Bonchev–Trinajstić information content (AvgIpc) is 2.45. The fraction of sp³-hybridized carbons (Fsp3) is 0.583. The van der Waals surface area contributed by atoms with E-state index in [0.717, 1.165) is 17.4 Å². The molecule has 1 N–H and O–H groups in total. The van der Waals surface area contributed by atoms with Gasteiger partial charge in [0, 0.05) is 25.5 Å². The van der Waals surface area contributed by atoms with E-state index in [1.165, 1.54) is 0 Å². The van der Waals surface area contributed by atoms with Gasteiger partial charge in [-0.2, -0.15) is 0 Å². The summed E-state index contributed by atoms with van der Waals surface area (Å²) in [5.41, 5.74) is 0. The predicted molar refractivity (Wildman–Crippen MR) is 73.7 cm³/mol. The van der Waals surface area contributed by atoms with E-state index in [2.05, 4.69) is 31.2 Å². The quantitative estimate of drug-likeness (QED) is 0.901. The van der Waals surface area contributed by atoms with Crippen molar-refractivity contribution in [3.8, 4) is 0 Å². The van der Waals surface area contributed by atoms with Crippen LogP contribution in [0.3, 0.4) is 0 Å². The molecule has 0 aliphatic carbocycles. The number of alkyl halides is 2. The van der Waals surface area contributed by atoms with E-state index in [4.69, 9.17) is 0 Å². The van der Waals surface area contributed by atoms with Crippen LogP contribution >= 0.6 is 15.9 Å². The lowest BCUT2D eigenvalue weighted by Crippen LogP contribution is -2.44. The molecular formula is C12H15BrF2N4O. The summed E-state index contributed by atoms with van der Waals surface area (Å²) in [6.45, 7) is 0.626. The van der Waals surface area contributed by atoms with Crippen molar-refractivity contribution in [3.05, 3.63) is 16.9 Å². The van der Waals surface area contributed by atoms with Gasteiger partial charge in [0.1, 0.15) is 0 Å². The lowest BCUT2D eigenvalue weighted by molar-refractivity contribution is -0.125. The molecule has 0 bridgehead atoms. The third kappa shape index (κ3) is 4.09. The van der Waals surface area contributed by atoms with Crippen LogP contribution in [-0.4, -0.2) is 41.9 Å². The van der Waals surface area contributed by atoms with Crippen molar-refractivity contribution < 1.29 is 13.6 Å². The lowest BCUT2D eigenvalue weighted by atomic mass is 9.97. The van der Waals surface area contributed by atoms with Crippen LogP contribution in [0.2, 0.25) is 0 Å². The molecule has 0 radical (unpaired) electrons. The second kappa shape index (κ2) is 6.92. The zero-order valence-electron chi connectivity index (χ0n) is 10.7. The molecule has 1 amide bonds. The van der Waals surface area contributed by atoms with Crippen molar-refractivity contribution in [2.24, 2.45) is 5.92 Å². The summed E-state index contributed by atoms with van der Waals surface area (Å²) in [4.78, 5) is 22.1. The Morgan fingerprint density at radius 1 is 1.50 bits per heavy atom. The monoisotopic (exact) mass is 348 g/mol. The van der Waals surface area contributed by atoms with E-state index >= 15 is 0 Å². The van der Waals surface area contributed by atoms with Crippen LogP contribution in [0.1, 0.15) is 12.8 Å². The predicted octanol–water partition coefficient (Wildman–Crippen LogP) is 1.84. The van der Waals surface area contributed by atoms with Gasteiger partial charge >= 0.3 is 0 Å². The van der Waals surface area contributed by atoms with E-state index in [1.54, 1.807) is 12.4 Å². The number of hydrogen-bond donors (Lipinski definition) is 1. The molecule has 1 atom stereocenters. The van der Waals surface area contributed by atoms with Crippen LogP contribution in [0.25, 0.3) is 0 Å². The summed E-state index contributed by atoms with van der Waals surface area (Å²) in [7, 11) is 0. The molecule has 1 aromatic rings. The molecule has 5 nitrogen and oxygen atoms in total. The second-order valence-corrected chi connectivity index (χ2v) is 5.54. The molecule has 0 saturated carbocycles. The number of piperidine rings is 1. The van der Waals surface area contributed by atoms with Gasteiger partial charge in [0.25, 0.3) is 6.43 Å². The molecule has 110 valence electrons. The van der Waals surface area contributed by atoms with Crippen molar-refractivity contribution >= 4 is 27.8 Å². The SMILES string of the molecule is O=C(NCC(F)F)C1CCCN(c2ncc(Br)cn2)C1. The van der Waals surface area contributed by atoms with Gasteiger partial charge in [-0.05, 0) is 28.8 Å². The van der Waals surface area contributed by atoms with Crippen LogP contribution in [0.4, 0.5) is 14.7 Å². The molecular weight excluding hydrogens is 334 g/mol. The first-order valence-electron chi connectivity index (χ1n) is 6.34. The smallest absolute Gasteiger partial charge is 0.255 e. The van der Waals surface area contributed by atoms with Crippen molar-refractivity contribution in [2.45, 2.75) is 19.3 Å². The summed E-state index contributed by atoms with van der Waals surface area (Å²) in [6.07, 6.45) is 2.27. The van der Waals surface area contributed by atoms with Gasteiger partial charge in [-0.3, -0.25) is 4.79 Å². The fourth-order valence-corrected chi connectivity index (χ4v) is 2.37. The van der Waals surface area contributed by atoms with Gasteiger partial charge in [-0.25, -0.2) is 18.7 Å². The Balaban J connectivity index is 1.94. The van der Waals surface area contributed by atoms with Crippen molar-refractivity contribution in [1.29, 1.82) is 0 Å². The van der Waals surface area contributed by atoms with Crippen LogP contribution in [-0.2, 0) is 4.79 Å². The third-order valence-corrected chi connectivity index (χ3v) is 3.52.